The molecule has 0 aliphatic heterocycles. The fourth-order valence-corrected chi connectivity index (χ4v) is 2.30. The van der Waals surface area contributed by atoms with Crippen LogP contribution >= 0.6 is 15.9 Å². The van der Waals surface area contributed by atoms with Gasteiger partial charge in [-0.3, -0.25) is 4.68 Å². The Hall–Kier alpha value is -1.13. The predicted octanol–water partition coefficient (Wildman–Crippen LogP) is 3.25. The number of halogens is 1. The molecule has 4 heteroatoms. The number of benzene rings is 1. The molecule has 0 spiro atoms. The van der Waals surface area contributed by atoms with E-state index >= 15 is 0 Å². The van der Waals surface area contributed by atoms with Crippen LogP contribution in [-0.4, -0.2) is 14.9 Å². The Balaban J connectivity index is 2.15. The fourth-order valence-electron chi connectivity index (χ4n) is 2.04. The van der Waals surface area contributed by atoms with E-state index in [1.54, 1.807) is 0 Å². The summed E-state index contributed by atoms with van der Waals surface area (Å²) >= 11 is 3.39. The maximum atomic E-state index is 10.2. The Morgan fingerprint density at radius 1 is 1.33 bits per heavy atom. The van der Waals surface area contributed by atoms with Gasteiger partial charge in [-0.25, -0.2) is 0 Å². The predicted molar refractivity (Wildman–Crippen MR) is 75.4 cm³/mol. The highest BCUT2D eigenvalue weighted by atomic mass is 79.9. The van der Waals surface area contributed by atoms with Gasteiger partial charge in [0.1, 0.15) is 0 Å². The molecule has 0 aliphatic carbocycles. The van der Waals surface area contributed by atoms with Crippen LogP contribution in [-0.2, 0) is 13.0 Å². The second kappa shape index (κ2) is 5.67. The molecular formula is C14H17BrN2O. The largest absolute Gasteiger partial charge is 0.388 e. The molecule has 1 aromatic carbocycles. The molecule has 1 heterocycles. The lowest BCUT2D eigenvalue weighted by Crippen LogP contribution is -2.08. The highest BCUT2D eigenvalue weighted by molar-refractivity contribution is 9.10. The summed E-state index contributed by atoms with van der Waals surface area (Å²) in [7, 11) is 0. The molecule has 0 bridgehead atoms. The van der Waals surface area contributed by atoms with E-state index in [2.05, 4.69) is 28.0 Å². The second-order valence-corrected chi connectivity index (χ2v) is 5.28. The molecule has 2 rings (SSSR count). The zero-order chi connectivity index (χ0) is 13.1. The van der Waals surface area contributed by atoms with Gasteiger partial charge in [-0.15, -0.1) is 0 Å². The molecule has 1 atom stereocenters. The number of aliphatic hydroxyl groups excluding tert-OH is 1. The fraction of sp³-hybridized carbons (Fsp3) is 0.357. The Bertz CT molecular complexity index is 519. The van der Waals surface area contributed by atoms with Crippen LogP contribution in [0.3, 0.4) is 0 Å². The van der Waals surface area contributed by atoms with E-state index in [0.717, 1.165) is 28.0 Å². The third kappa shape index (κ3) is 3.00. The van der Waals surface area contributed by atoms with E-state index in [1.165, 1.54) is 0 Å². The van der Waals surface area contributed by atoms with Crippen LogP contribution in [0.2, 0.25) is 0 Å². The van der Waals surface area contributed by atoms with Gasteiger partial charge in [-0.2, -0.15) is 5.10 Å². The molecule has 0 saturated carbocycles. The van der Waals surface area contributed by atoms with Crippen molar-refractivity contribution in [2.24, 2.45) is 0 Å². The molecule has 1 N–H and O–H groups in total. The van der Waals surface area contributed by atoms with Crippen LogP contribution in [0.15, 0.2) is 34.8 Å². The van der Waals surface area contributed by atoms with Gasteiger partial charge in [0.2, 0.25) is 0 Å². The number of aryl methyl sites for hydroxylation is 2. The number of aliphatic hydroxyl groups is 1. The van der Waals surface area contributed by atoms with Crippen molar-refractivity contribution >= 4 is 15.9 Å². The third-order valence-electron chi connectivity index (χ3n) is 2.94. The van der Waals surface area contributed by atoms with Crippen molar-refractivity contribution in [2.75, 3.05) is 0 Å². The van der Waals surface area contributed by atoms with Gasteiger partial charge < -0.3 is 5.11 Å². The van der Waals surface area contributed by atoms with Gasteiger partial charge in [-0.05, 0) is 37.6 Å². The first kappa shape index (κ1) is 13.3. The third-order valence-corrected chi connectivity index (χ3v) is 3.47. The zero-order valence-corrected chi connectivity index (χ0v) is 12.2. The van der Waals surface area contributed by atoms with Gasteiger partial charge >= 0.3 is 0 Å². The topological polar surface area (TPSA) is 38.0 Å². The van der Waals surface area contributed by atoms with Crippen molar-refractivity contribution in [3.05, 3.63) is 51.8 Å². The molecular weight excluding hydrogens is 292 g/mol. The number of hydrogen-bond acceptors (Lipinski definition) is 2. The van der Waals surface area contributed by atoms with Gasteiger partial charge in [0.15, 0.2) is 0 Å². The lowest BCUT2D eigenvalue weighted by atomic mass is 10.0. The minimum absolute atomic E-state index is 0.487. The van der Waals surface area contributed by atoms with Crippen LogP contribution in [0.1, 0.15) is 30.0 Å². The molecule has 2 aromatic rings. The van der Waals surface area contributed by atoms with Crippen molar-refractivity contribution in [3.8, 4) is 0 Å². The van der Waals surface area contributed by atoms with E-state index in [9.17, 15) is 5.11 Å². The molecule has 96 valence electrons. The highest BCUT2D eigenvalue weighted by Gasteiger charge is 2.12. The smallest absolute Gasteiger partial charge is 0.0845 e. The summed E-state index contributed by atoms with van der Waals surface area (Å²) in [5.41, 5.74) is 3.00. The summed E-state index contributed by atoms with van der Waals surface area (Å²) < 4.78 is 2.96. The summed E-state index contributed by atoms with van der Waals surface area (Å²) in [6, 6.07) is 9.80. The SMILES string of the molecule is CCn1nc(C)cc1CC(O)c1ccc(Br)cc1. The van der Waals surface area contributed by atoms with Gasteiger partial charge in [0, 0.05) is 23.1 Å². The van der Waals surface area contributed by atoms with Crippen LogP contribution in [0.4, 0.5) is 0 Å². The minimum atomic E-state index is -0.487. The van der Waals surface area contributed by atoms with Crippen molar-refractivity contribution in [1.29, 1.82) is 0 Å². The monoisotopic (exact) mass is 308 g/mol. The van der Waals surface area contributed by atoms with E-state index in [4.69, 9.17) is 0 Å². The average molecular weight is 309 g/mol. The molecule has 0 aliphatic rings. The average Bonchev–Trinajstić information content (AvgIpc) is 2.70. The maximum Gasteiger partial charge on any atom is 0.0845 e. The number of rotatable bonds is 4. The first-order chi connectivity index (χ1) is 8.60. The van der Waals surface area contributed by atoms with Gasteiger partial charge in [-0.1, -0.05) is 28.1 Å². The van der Waals surface area contributed by atoms with E-state index < -0.39 is 6.10 Å². The Morgan fingerprint density at radius 2 is 2.00 bits per heavy atom. The zero-order valence-electron chi connectivity index (χ0n) is 10.6. The molecule has 0 fully saturated rings. The van der Waals surface area contributed by atoms with Crippen LogP contribution in [0.5, 0.6) is 0 Å². The number of aromatic nitrogens is 2. The molecule has 18 heavy (non-hydrogen) atoms. The summed E-state index contributed by atoms with van der Waals surface area (Å²) in [6.07, 6.45) is 0.107. The van der Waals surface area contributed by atoms with E-state index in [-0.39, 0.29) is 0 Å². The maximum absolute atomic E-state index is 10.2. The summed E-state index contributed by atoms with van der Waals surface area (Å²) in [5, 5.41) is 14.6. The Labute approximate surface area is 116 Å². The van der Waals surface area contributed by atoms with Crippen molar-refractivity contribution in [3.63, 3.8) is 0 Å². The number of hydrogen-bond donors (Lipinski definition) is 1. The van der Waals surface area contributed by atoms with Gasteiger partial charge in [0.25, 0.3) is 0 Å². The van der Waals surface area contributed by atoms with Crippen LogP contribution in [0, 0.1) is 6.92 Å². The van der Waals surface area contributed by atoms with Crippen molar-refractivity contribution in [2.45, 2.75) is 32.9 Å². The van der Waals surface area contributed by atoms with Crippen LogP contribution in [0.25, 0.3) is 0 Å². The van der Waals surface area contributed by atoms with Gasteiger partial charge in [0.05, 0.1) is 11.8 Å². The highest BCUT2D eigenvalue weighted by Crippen LogP contribution is 2.21. The number of nitrogens with zero attached hydrogens (tertiary/aromatic N) is 2. The first-order valence-electron chi connectivity index (χ1n) is 6.07. The normalized spacial score (nSPS) is 12.7. The Kier molecular flexibility index (Phi) is 4.19. The molecule has 1 unspecified atom stereocenters. The standard InChI is InChI=1S/C14H17BrN2O/c1-3-17-13(8-10(2)16-17)9-14(18)11-4-6-12(15)7-5-11/h4-8,14,18H,3,9H2,1-2H3. The second-order valence-electron chi connectivity index (χ2n) is 4.36. The summed E-state index contributed by atoms with van der Waals surface area (Å²) in [5.74, 6) is 0. The van der Waals surface area contributed by atoms with E-state index in [0.29, 0.717) is 6.42 Å². The Morgan fingerprint density at radius 3 is 2.61 bits per heavy atom. The van der Waals surface area contributed by atoms with Crippen LogP contribution < -0.4 is 0 Å². The van der Waals surface area contributed by atoms with E-state index in [1.807, 2.05) is 41.9 Å². The van der Waals surface area contributed by atoms with Crippen molar-refractivity contribution < 1.29 is 5.11 Å². The molecule has 1 aromatic heterocycles. The quantitative estimate of drug-likeness (QED) is 0.941. The molecule has 0 amide bonds. The lowest BCUT2D eigenvalue weighted by molar-refractivity contribution is 0.175. The molecule has 0 saturated heterocycles. The summed E-state index contributed by atoms with van der Waals surface area (Å²) in [4.78, 5) is 0. The summed E-state index contributed by atoms with van der Waals surface area (Å²) in [6.45, 7) is 4.86. The first-order valence-corrected chi connectivity index (χ1v) is 6.86. The minimum Gasteiger partial charge on any atom is -0.388 e. The molecule has 3 nitrogen and oxygen atoms in total. The molecule has 0 radical (unpaired) electrons. The van der Waals surface area contributed by atoms with Crippen molar-refractivity contribution in [1.82, 2.24) is 9.78 Å². The lowest BCUT2D eigenvalue weighted by Gasteiger charge is -2.12.